The summed E-state index contributed by atoms with van der Waals surface area (Å²) in [5.74, 6) is 0. The fourth-order valence-corrected chi connectivity index (χ4v) is 2.12. The number of hydrogen-bond donors (Lipinski definition) is 1. The summed E-state index contributed by atoms with van der Waals surface area (Å²) >= 11 is 0. The molecule has 1 fully saturated rings. The Kier molecular flexibility index (Phi) is 3.75. The Bertz CT molecular complexity index is 303. The smallest absolute Gasteiger partial charge is 0.0684 e. The van der Waals surface area contributed by atoms with Crippen molar-refractivity contribution in [2.24, 2.45) is 0 Å². The molecule has 82 valence electrons. The summed E-state index contributed by atoms with van der Waals surface area (Å²) in [7, 11) is 0. The maximum Gasteiger partial charge on any atom is 0.0684 e. The molecule has 0 amide bonds. The van der Waals surface area contributed by atoms with Crippen LogP contribution in [-0.4, -0.2) is 17.8 Å². The van der Waals surface area contributed by atoms with Crippen LogP contribution in [0.4, 0.5) is 0 Å². The van der Waals surface area contributed by atoms with Crippen LogP contribution in [0.25, 0.3) is 0 Å². The molecular formula is C13H18O2. The van der Waals surface area contributed by atoms with E-state index in [1.807, 2.05) is 18.2 Å². The molecule has 2 nitrogen and oxygen atoms in total. The van der Waals surface area contributed by atoms with Gasteiger partial charge in [-0.2, -0.15) is 0 Å². The van der Waals surface area contributed by atoms with Gasteiger partial charge in [-0.15, -0.1) is 0 Å². The molecule has 2 heteroatoms. The van der Waals surface area contributed by atoms with Crippen molar-refractivity contribution in [3.05, 3.63) is 35.4 Å². The van der Waals surface area contributed by atoms with Crippen LogP contribution < -0.4 is 0 Å². The highest BCUT2D eigenvalue weighted by atomic mass is 16.5. The SMILES string of the molecule is OCc1ccccc1CC1CCCCO1. The highest BCUT2D eigenvalue weighted by molar-refractivity contribution is 5.27. The molecular weight excluding hydrogens is 188 g/mol. The Hall–Kier alpha value is -0.860. The zero-order valence-corrected chi connectivity index (χ0v) is 8.98. The van der Waals surface area contributed by atoms with Crippen LogP contribution in [0.1, 0.15) is 30.4 Å². The van der Waals surface area contributed by atoms with E-state index in [1.54, 1.807) is 0 Å². The topological polar surface area (TPSA) is 29.5 Å². The average Bonchev–Trinajstić information content (AvgIpc) is 2.31. The molecule has 0 aromatic heterocycles. The second-order valence-electron chi connectivity index (χ2n) is 4.12. The fourth-order valence-electron chi connectivity index (χ4n) is 2.12. The van der Waals surface area contributed by atoms with Crippen LogP contribution in [0, 0.1) is 0 Å². The van der Waals surface area contributed by atoms with Crippen molar-refractivity contribution in [2.75, 3.05) is 6.61 Å². The molecule has 1 saturated heterocycles. The van der Waals surface area contributed by atoms with Crippen molar-refractivity contribution in [1.29, 1.82) is 0 Å². The molecule has 1 heterocycles. The maximum absolute atomic E-state index is 9.21. The second kappa shape index (κ2) is 5.29. The van der Waals surface area contributed by atoms with Crippen LogP contribution in [-0.2, 0) is 17.8 Å². The molecule has 2 rings (SSSR count). The predicted octanol–water partition coefficient (Wildman–Crippen LogP) is 2.29. The van der Waals surface area contributed by atoms with E-state index in [0.29, 0.717) is 6.10 Å². The van der Waals surface area contributed by atoms with Gasteiger partial charge in [-0.25, -0.2) is 0 Å². The quantitative estimate of drug-likeness (QED) is 0.822. The Morgan fingerprint density at radius 1 is 1.20 bits per heavy atom. The van der Waals surface area contributed by atoms with E-state index >= 15 is 0 Å². The number of rotatable bonds is 3. The first-order valence-corrected chi connectivity index (χ1v) is 5.69. The van der Waals surface area contributed by atoms with Crippen LogP contribution in [0.5, 0.6) is 0 Å². The standard InChI is InChI=1S/C13H18O2/c14-10-12-6-2-1-5-11(12)9-13-7-3-4-8-15-13/h1-2,5-6,13-14H,3-4,7-10H2. The van der Waals surface area contributed by atoms with E-state index in [4.69, 9.17) is 4.74 Å². The van der Waals surface area contributed by atoms with Crippen molar-refractivity contribution in [3.8, 4) is 0 Å². The Labute approximate surface area is 90.9 Å². The summed E-state index contributed by atoms with van der Waals surface area (Å²) in [6, 6.07) is 8.07. The molecule has 0 radical (unpaired) electrons. The number of hydrogen-bond acceptors (Lipinski definition) is 2. The summed E-state index contributed by atoms with van der Waals surface area (Å²) in [4.78, 5) is 0. The summed E-state index contributed by atoms with van der Waals surface area (Å²) in [5.41, 5.74) is 2.26. The van der Waals surface area contributed by atoms with Crippen LogP contribution >= 0.6 is 0 Å². The molecule has 1 unspecified atom stereocenters. The highest BCUT2D eigenvalue weighted by Crippen LogP contribution is 2.19. The van der Waals surface area contributed by atoms with Crippen LogP contribution in [0.3, 0.4) is 0 Å². The zero-order chi connectivity index (χ0) is 10.5. The van der Waals surface area contributed by atoms with Gasteiger partial charge in [-0.1, -0.05) is 24.3 Å². The molecule has 0 saturated carbocycles. The normalized spacial score (nSPS) is 21.5. The molecule has 1 aromatic rings. The Morgan fingerprint density at radius 3 is 2.67 bits per heavy atom. The number of benzene rings is 1. The van der Waals surface area contributed by atoms with Crippen LogP contribution in [0.15, 0.2) is 24.3 Å². The molecule has 1 aliphatic rings. The van der Waals surface area contributed by atoms with Crippen molar-refractivity contribution < 1.29 is 9.84 Å². The van der Waals surface area contributed by atoms with Gasteiger partial charge < -0.3 is 9.84 Å². The van der Waals surface area contributed by atoms with E-state index < -0.39 is 0 Å². The van der Waals surface area contributed by atoms with E-state index in [2.05, 4.69) is 6.07 Å². The number of aliphatic hydroxyl groups is 1. The maximum atomic E-state index is 9.21. The first-order chi connectivity index (χ1) is 7.40. The monoisotopic (exact) mass is 206 g/mol. The molecule has 0 spiro atoms. The van der Waals surface area contributed by atoms with Gasteiger partial charge in [0.1, 0.15) is 0 Å². The Morgan fingerprint density at radius 2 is 2.00 bits per heavy atom. The lowest BCUT2D eigenvalue weighted by molar-refractivity contribution is 0.0165. The first-order valence-electron chi connectivity index (χ1n) is 5.69. The fraction of sp³-hybridized carbons (Fsp3) is 0.538. The average molecular weight is 206 g/mol. The van der Waals surface area contributed by atoms with Crippen molar-refractivity contribution in [1.82, 2.24) is 0 Å². The number of ether oxygens (including phenoxy) is 1. The van der Waals surface area contributed by atoms with Gasteiger partial charge >= 0.3 is 0 Å². The minimum atomic E-state index is 0.128. The molecule has 0 aliphatic carbocycles. The first kappa shape index (κ1) is 10.7. The van der Waals surface area contributed by atoms with Gasteiger partial charge in [0.25, 0.3) is 0 Å². The summed E-state index contributed by atoms with van der Waals surface area (Å²) in [6.45, 7) is 1.02. The zero-order valence-electron chi connectivity index (χ0n) is 8.98. The minimum Gasteiger partial charge on any atom is -0.392 e. The minimum absolute atomic E-state index is 0.128. The summed E-state index contributed by atoms with van der Waals surface area (Å²) < 4.78 is 5.70. The van der Waals surface area contributed by atoms with E-state index in [-0.39, 0.29) is 6.61 Å². The molecule has 1 aromatic carbocycles. The van der Waals surface area contributed by atoms with Crippen molar-refractivity contribution >= 4 is 0 Å². The lowest BCUT2D eigenvalue weighted by atomic mass is 9.98. The predicted molar refractivity (Wildman–Crippen MR) is 59.7 cm³/mol. The Balaban J connectivity index is 2.02. The lowest BCUT2D eigenvalue weighted by Crippen LogP contribution is -2.21. The summed E-state index contributed by atoms with van der Waals surface area (Å²) in [6.07, 6.45) is 4.91. The van der Waals surface area contributed by atoms with Gasteiger partial charge in [0.05, 0.1) is 12.7 Å². The van der Waals surface area contributed by atoms with E-state index in [9.17, 15) is 5.11 Å². The van der Waals surface area contributed by atoms with Crippen LogP contribution in [0.2, 0.25) is 0 Å². The van der Waals surface area contributed by atoms with E-state index in [0.717, 1.165) is 25.0 Å². The van der Waals surface area contributed by atoms with Gasteiger partial charge in [-0.05, 0) is 36.8 Å². The largest absolute Gasteiger partial charge is 0.392 e. The van der Waals surface area contributed by atoms with Crippen molar-refractivity contribution in [2.45, 2.75) is 38.4 Å². The third kappa shape index (κ3) is 2.80. The number of aliphatic hydroxyl groups excluding tert-OH is 1. The summed E-state index contributed by atoms with van der Waals surface area (Å²) in [5, 5.41) is 9.21. The molecule has 0 bridgehead atoms. The molecule has 1 aliphatic heterocycles. The third-order valence-corrected chi connectivity index (χ3v) is 3.01. The van der Waals surface area contributed by atoms with Crippen molar-refractivity contribution in [3.63, 3.8) is 0 Å². The third-order valence-electron chi connectivity index (χ3n) is 3.01. The lowest BCUT2D eigenvalue weighted by Gasteiger charge is -2.23. The van der Waals surface area contributed by atoms with Gasteiger partial charge in [-0.3, -0.25) is 0 Å². The second-order valence-corrected chi connectivity index (χ2v) is 4.12. The molecule has 15 heavy (non-hydrogen) atoms. The molecule has 1 N–H and O–H groups in total. The van der Waals surface area contributed by atoms with Gasteiger partial charge in [0.15, 0.2) is 0 Å². The van der Waals surface area contributed by atoms with E-state index in [1.165, 1.54) is 18.4 Å². The highest BCUT2D eigenvalue weighted by Gasteiger charge is 2.15. The van der Waals surface area contributed by atoms with Gasteiger partial charge in [0, 0.05) is 6.61 Å². The molecule has 1 atom stereocenters. The van der Waals surface area contributed by atoms with Gasteiger partial charge in [0.2, 0.25) is 0 Å².